The molecular formula is C14H10ClNO. The fourth-order valence-electron chi connectivity index (χ4n) is 1.39. The van der Waals surface area contributed by atoms with Gasteiger partial charge in [-0.15, -0.1) is 0 Å². The van der Waals surface area contributed by atoms with E-state index in [1.165, 1.54) is 5.56 Å². The summed E-state index contributed by atoms with van der Waals surface area (Å²) in [6.45, 7) is 2.01. The van der Waals surface area contributed by atoms with Crippen LogP contribution in [0.1, 0.15) is 11.1 Å². The van der Waals surface area contributed by atoms with Crippen LogP contribution in [0.3, 0.4) is 0 Å². The molecule has 0 fully saturated rings. The van der Waals surface area contributed by atoms with E-state index in [1.54, 1.807) is 18.2 Å². The van der Waals surface area contributed by atoms with E-state index in [2.05, 4.69) is 0 Å². The van der Waals surface area contributed by atoms with E-state index < -0.39 is 0 Å². The normalized spacial score (nSPS) is 9.71. The summed E-state index contributed by atoms with van der Waals surface area (Å²) in [5, 5.41) is 9.16. The third kappa shape index (κ3) is 2.77. The summed E-state index contributed by atoms with van der Waals surface area (Å²) < 4.78 is 5.62. The Labute approximate surface area is 105 Å². The maximum Gasteiger partial charge on any atom is 0.146 e. The lowest BCUT2D eigenvalue weighted by Crippen LogP contribution is -1.86. The Hall–Kier alpha value is -1.98. The van der Waals surface area contributed by atoms with Crippen molar-refractivity contribution in [3.05, 3.63) is 58.6 Å². The molecule has 0 aliphatic rings. The first-order valence-corrected chi connectivity index (χ1v) is 5.51. The monoisotopic (exact) mass is 243 g/mol. The molecule has 0 amide bonds. The number of ether oxygens (including phenoxy) is 1. The standard InChI is InChI=1S/C14H10ClNO/c1-10-2-5-12(6-3-10)17-14-7-4-11(9-16)8-13(14)15/h2-8H,1H3. The number of halogens is 1. The number of nitriles is 1. The number of benzene rings is 2. The Morgan fingerprint density at radius 1 is 1.12 bits per heavy atom. The van der Waals surface area contributed by atoms with Crippen LogP contribution in [0.2, 0.25) is 5.02 Å². The first-order chi connectivity index (χ1) is 8.19. The summed E-state index contributed by atoms with van der Waals surface area (Å²) in [4.78, 5) is 0. The van der Waals surface area contributed by atoms with Gasteiger partial charge in [0.2, 0.25) is 0 Å². The largest absolute Gasteiger partial charge is 0.456 e. The van der Waals surface area contributed by atoms with E-state index in [1.807, 2.05) is 37.3 Å². The molecule has 0 saturated heterocycles. The second kappa shape index (κ2) is 4.90. The Balaban J connectivity index is 2.25. The molecule has 0 heterocycles. The minimum atomic E-state index is 0.435. The summed E-state index contributed by atoms with van der Waals surface area (Å²) in [6.07, 6.45) is 0. The fourth-order valence-corrected chi connectivity index (χ4v) is 1.61. The van der Waals surface area contributed by atoms with Crippen LogP contribution in [-0.4, -0.2) is 0 Å². The highest BCUT2D eigenvalue weighted by atomic mass is 35.5. The summed E-state index contributed by atoms with van der Waals surface area (Å²) in [7, 11) is 0. The minimum Gasteiger partial charge on any atom is -0.456 e. The average Bonchev–Trinajstić information content (AvgIpc) is 2.34. The Kier molecular flexibility index (Phi) is 3.32. The van der Waals surface area contributed by atoms with Crippen LogP contribution in [0.5, 0.6) is 11.5 Å². The number of aryl methyl sites for hydroxylation is 1. The molecule has 0 atom stereocenters. The van der Waals surface area contributed by atoms with Gasteiger partial charge < -0.3 is 4.74 Å². The number of hydrogen-bond acceptors (Lipinski definition) is 2. The third-order valence-electron chi connectivity index (χ3n) is 2.31. The SMILES string of the molecule is Cc1ccc(Oc2ccc(C#N)cc2Cl)cc1. The van der Waals surface area contributed by atoms with Gasteiger partial charge in [-0.2, -0.15) is 5.26 Å². The molecule has 0 saturated carbocycles. The topological polar surface area (TPSA) is 33.0 Å². The van der Waals surface area contributed by atoms with Crippen LogP contribution in [0.25, 0.3) is 0 Å². The number of rotatable bonds is 2. The highest BCUT2D eigenvalue weighted by molar-refractivity contribution is 6.32. The molecule has 0 N–H and O–H groups in total. The molecular weight excluding hydrogens is 234 g/mol. The van der Waals surface area contributed by atoms with E-state index in [0.717, 1.165) is 5.75 Å². The lowest BCUT2D eigenvalue weighted by atomic mass is 10.2. The zero-order valence-electron chi connectivity index (χ0n) is 9.27. The van der Waals surface area contributed by atoms with Crippen molar-refractivity contribution in [2.45, 2.75) is 6.92 Å². The summed E-state index contributed by atoms with van der Waals surface area (Å²) in [6, 6.07) is 14.7. The van der Waals surface area contributed by atoms with Crippen molar-refractivity contribution >= 4 is 11.6 Å². The molecule has 0 bridgehead atoms. The maximum absolute atomic E-state index is 8.72. The van der Waals surface area contributed by atoms with Gasteiger partial charge in [0.25, 0.3) is 0 Å². The van der Waals surface area contributed by atoms with Crippen molar-refractivity contribution in [1.82, 2.24) is 0 Å². The molecule has 0 spiro atoms. The Morgan fingerprint density at radius 3 is 2.41 bits per heavy atom. The zero-order valence-corrected chi connectivity index (χ0v) is 10.0. The van der Waals surface area contributed by atoms with Crippen LogP contribution >= 0.6 is 11.6 Å². The van der Waals surface area contributed by atoms with Gasteiger partial charge in [-0.3, -0.25) is 0 Å². The van der Waals surface area contributed by atoms with Crippen molar-refractivity contribution in [3.8, 4) is 17.6 Å². The molecule has 3 heteroatoms. The first kappa shape index (κ1) is 11.5. The second-order valence-corrected chi connectivity index (χ2v) is 4.08. The molecule has 0 aromatic heterocycles. The lowest BCUT2D eigenvalue weighted by Gasteiger charge is -2.07. The average molecular weight is 244 g/mol. The molecule has 0 unspecified atom stereocenters. The van der Waals surface area contributed by atoms with Gasteiger partial charge in [-0.1, -0.05) is 29.3 Å². The highest BCUT2D eigenvalue weighted by Gasteiger charge is 2.04. The van der Waals surface area contributed by atoms with E-state index in [9.17, 15) is 0 Å². The van der Waals surface area contributed by atoms with Crippen molar-refractivity contribution in [1.29, 1.82) is 5.26 Å². The van der Waals surface area contributed by atoms with Gasteiger partial charge in [0.05, 0.1) is 16.7 Å². The number of hydrogen-bond donors (Lipinski definition) is 0. The predicted molar refractivity (Wildman–Crippen MR) is 67.4 cm³/mol. The quantitative estimate of drug-likeness (QED) is 0.787. The molecule has 2 rings (SSSR count). The predicted octanol–water partition coefficient (Wildman–Crippen LogP) is 4.31. The van der Waals surface area contributed by atoms with Gasteiger partial charge >= 0.3 is 0 Å². The summed E-state index contributed by atoms with van der Waals surface area (Å²) in [5.74, 6) is 1.27. The van der Waals surface area contributed by atoms with E-state index in [0.29, 0.717) is 16.3 Å². The second-order valence-electron chi connectivity index (χ2n) is 3.67. The van der Waals surface area contributed by atoms with Gasteiger partial charge in [0.15, 0.2) is 0 Å². The maximum atomic E-state index is 8.72. The Morgan fingerprint density at radius 2 is 1.82 bits per heavy atom. The van der Waals surface area contributed by atoms with Crippen LogP contribution in [-0.2, 0) is 0 Å². The summed E-state index contributed by atoms with van der Waals surface area (Å²) in [5.41, 5.74) is 1.69. The van der Waals surface area contributed by atoms with E-state index in [-0.39, 0.29) is 0 Å². The molecule has 0 aliphatic carbocycles. The first-order valence-electron chi connectivity index (χ1n) is 5.13. The zero-order chi connectivity index (χ0) is 12.3. The highest BCUT2D eigenvalue weighted by Crippen LogP contribution is 2.29. The number of nitrogens with zero attached hydrogens (tertiary/aromatic N) is 1. The van der Waals surface area contributed by atoms with E-state index in [4.69, 9.17) is 21.6 Å². The molecule has 2 nitrogen and oxygen atoms in total. The van der Waals surface area contributed by atoms with Crippen LogP contribution in [0.4, 0.5) is 0 Å². The van der Waals surface area contributed by atoms with Gasteiger partial charge in [0.1, 0.15) is 11.5 Å². The van der Waals surface area contributed by atoms with Gasteiger partial charge in [-0.25, -0.2) is 0 Å². The van der Waals surface area contributed by atoms with Crippen molar-refractivity contribution in [3.63, 3.8) is 0 Å². The lowest BCUT2D eigenvalue weighted by molar-refractivity contribution is 0.483. The van der Waals surface area contributed by atoms with Crippen molar-refractivity contribution in [2.75, 3.05) is 0 Å². The smallest absolute Gasteiger partial charge is 0.146 e. The molecule has 17 heavy (non-hydrogen) atoms. The van der Waals surface area contributed by atoms with Gasteiger partial charge in [-0.05, 0) is 37.3 Å². The summed E-state index contributed by atoms with van der Waals surface area (Å²) >= 11 is 6.01. The molecule has 2 aromatic carbocycles. The van der Waals surface area contributed by atoms with Crippen LogP contribution < -0.4 is 4.74 Å². The minimum absolute atomic E-state index is 0.435. The molecule has 0 radical (unpaired) electrons. The van der Waals surface area contributed by atoms with Crippen LogP contribution in [0.15, 0.2) is 42.5 Å². The third-order valence-corrected chi connectivity index (χ3v) is 2.61. The fraction of sp³-hybridized carbons (Fsp3) is 0.0714. The van der Waals surface area contributed by atoms with Gasteiger partial charge in [0, 0.05) is 0 Å². The molecule has 0 aliphatic heterocycles. The van der Waals surface area contributed by atoms with Crippen molar-refractivity contribution in [2.24, 2.45) is 0 Å². The molecule has 2 aromatic rings. The Bertz CT molecular complexity index is 570. The van der Waals surface area contributed by atoms with Crippen molar-refractivity contribution < 1.29 is 4.74 Å². The molecule has 84 valence electrons. The van der Waals surface area contributed by atoms with Crippen LogP contribution in [0, 0.1) is 18.3 Å². The van der Waals surface area contributed by atoms with E-state index >= 15 is 0 Å².